The van der Waals surface area contributed by atoms with E-state index in [-0.39, 0.29) is 0 Å². The van der Waals surface area contributed by atoms with Gasteiger partial charge in [0.2, 0.25) is 0 Å². The largest absolute Gasteiger partial charge is 0.330 e. The molecule has 0 spiro atoms. The Hall–Kier alpha value is -0.0800. The molecule has 1 saturated heterocycles. The first-order valence-electron chi connectivity index (χ1n) is 7.50. The normalized spacial score (nSPS) is 21.9. The Labute approximate surface area is 108 Å². The van der Waals surface area contributed by atoms with Crippen LogP contribution in [0.15, 0.2) is 0 Å². The standard InChI is InChI=1S/C15H32N2/c1-4-6-14(8-10-16)7-5-11-17-12-9-15(2,3)13-17/h14H,4-13,16H2,1-3H3. The monoisotopic (exact) mass is 240 g/mol. The predicted octanol–water partition coefficient (Wildman–Crippen LogP) is 3.26. The van der Waals surface area contributed by atoms with Gasteiger partial charge in [0.1, 0.15) is 0 Å². The second-order valence-corrected chi connectivity index (χ2v) is 6.56. The summed E-state index contributed by atoms with van der Waals surface area (Å²) in [6.45, 7) is 11.8. The van der Waals surface area contributed by atoms with Crippen LogP contribution >= 0.6 is 0 Å². The fourth-order valence-electron chi connectivity index (χ4n) is 3.10. The van der Waals surface area contributed by atoms with E-state index in [0.29, 0.717) is 5.41 Å². The minimum atomic E-state index is 0.556. The summed E-state index contributed by atoms with van der Waals surface area (Å²) in [5.41, 5.74) is 6.23. The van der Waals surface area contributed by atoms with Crippen LogP contribution in [0.2, 0.25) is 0 Å². The van der Waals surface area contributed by atoms with Gasteiger partial charge in [-0.15, -0.1) is 0 Å². The summed E-state index contributed by atoms with van der Waals surface area (Å²) in [4.78, 5) is 2.64. The van der Waals surface area contributed by atoms with E-state index >= 15 is 0 Å². The van der Waals surface area contributed by atoms with Gasteiger partial charge in [-0.3, -0.25) is 0 Å². The highest BCUT2D eigenvalue weighted by molar-refractivity contribution is 4.82. The van der Waals surface area contributed by atoms with E-state index in [1.807, 2.05) is 0 Å². The van der Waals surface area contributed by atoms with Gasteiger partial charge in [0.25, 0.3) is 0 Å². The summed E-state index contributed by atoms with van der Waals surface area (Å²) in [6.07, 6.45) is 8.00. The van der Waals surface area contributed by atoms with Gasteiger partial charge in [0.15, 0.2) is 0 Å². The van der Waals surface area contributed by atoms with E-state index in [2.05, 4.69) is 25.7 Å². The lowest BCUT2D eigenvalue weighted by molar-refractivity contribution is 0.274. The Morgan fingerprint density at radius 2 is 2.00 bits per heavy atom. The van der Waals surface area contributed by atoms with Gasteiger partial charge in [0, 0.05) is 6.54 Å². The minimum Gasteiger partial charge on any atom is -0.330 e. The highest BCUT2D eigenvalue weighted by Crippen LogP contribution is 2.29. The number of likely N-dealkylation sites (tertiary alicyclic amines) is 1. The Bertz CT molecular complexity index is 193. The fraction of sp³-hybridized carbons (Fsp3) is 1.00. The van der Waals surface area contributed by atoms with E-state index in [4.69, 9.17) is 5.73 Å². The summed E-state index contributed by atoms with van der Waals surface area (Å²) in [5, 5.41) is 0. The molecule has 0 aromatic heterocycles. The maximum absolute atomic E-state index is 5.68. The van der Waals surface area contributed by atoms with E-state index in [0.717, 1.165) is 12.5 Å². The molecule has 0 aromatic rings. The predicted molar refractivity (Wildman–Crippen MR) is 76.1 cm³/mol. The number of hydrogen-bond acceptors (Lipinski definition) is 2. The SMILES string of the molecule is CCCC(CCN)CCCN1CCC(C)(C)C1. The number of rotatable bonds is 8. The average molecular weight is 240 g/mol. The second-order valence-electron chi connectivity index (χ2n) is 6.56. The zero-order chi connectivity index (χ0) is 12.7. The summed E-state index contributed by atoms with van der Waals surface area (Å²) in [6, 6.07) is 0. The molecule has 0 saturated carbocycles. The lowest BCUT2D eigenvalue weighted by Crippen LogP contribution is -2.25. The first-order valence-corrected chi connectivity index (χ1v) is 7.50. The van der Waals surface area contributed by atoms with E-state index in [9.17, 15) is 0 Å². The number of nitrogens with zero attached hydrogens (tertiary/aromatic N) is 1. The quantitative estimate of drug-likeness (QED) is 0.705. The smallest absolute Gasteiger partial charge is 0.00332 e. The van der Waals surface area contributed by atoms with Crippen LogP contribution in [-0.2, 0) is 0 Å². The molecule has 2 N–H and O–H groups in total. The number of nitrogens with two attached hydrogens (primary N) is 1. The molecule has 1 unspecified atom stereocenters. The molecule has 1 fully saturated rings. The molecular formula is C15H32N2. The van der Waals surface area contributed by atoms with Crippen molar-refractivity contribution < 1.29 is 0 Å². The van der Waals surface area contributed by atoms with Crippen LogP contribution in [0.1, 0.15) is 59.3 Å². The minimum absolute atomic E-state index is 0.556. The second kappa shape index (κ2) is 7.38. The maximum atomic E-state index is 5.68. The molecule has 2 nitrogen and oxygen atoms in total. The van der Waals surface area contributed by atoms with E-state index in [1.54, 1.807) is 0 Å². The van der Waals surface area contributed by atoms with Crippen molar-refractivity contribution in [3.05, 3.63) is 0 Å². The molecule has 1 heterocycles. The molecular weight excluding hydrogens is 208 g/mol. The van der Waals surface area contributed by atoms with Crippen molar-refractivity contribution in [1.82, 2.24) is 4.90 Å². The van der Waals surface area contributed by atoms with Crippen molar-refractivity contribution in [2.24, 2.45) is 17.1 Å². The zero-order valence-corrected chi connectivity index (χ0v) is 12.2. The Morgan fingerprint density at radius 3 is 2.53 bits per heavy atom. The van der Waals surface area contributed by atoms with Crippen LogP contribution in [0.25, 0.3) is 0 Å². The van der Waals surface area contributed by atoms with Crippen LogP contribution in [0, 0.1) is 11.3 Å². The van der Waals surface area contributed by atoms with Crippen LogP contribution in [-0.4, -0.2) is 31.1 Å². The molecule has 1 aliphatic heterocycles. The van der Waals surface area contributed by atoms with Crippen molar-refractivity contribution in [1.29, 1.82) is 0 Å². The summed E-state index contributed by atoms with van der Waals surface area (Å²) >= 11 is 0. The van der Waals surface area contributed by atoms with Gasteiger partial charge in [-0.2, -0.15) is 0 Å². The van der Waals surface area contributed by atoms with Crippen LogP contribution in [0.4, 0.5) is 0 Å². The van der Waals surface area contributed by atoms with Crippen molar-refractivity contribution in [3.8, 4) is 0 Å². The molecule has 0 aromatic carbocycles. The first kappa shape index (κ1) is 15.0. The van der Waals surface area contributed by atoms with Crippen LogP contribution < -0.4 is 5.73 Å². The molecule has 0 radical (unpaired) electrons. The van der Waals surface area contributed by atoms with Gasteiger partial charge in [-0.05, 0) is 56.7 Å². The molecule has 2 heteroatoms. The van der Waals surface area contributed by atoms with Crippen LogP contribution in [0.3, 0.4) is 0 Å². The molecule has 0 aliphatic carbocycles. The Balaban J connectivity index is 2.13. The third-order valence-electron chi connectivity index (χ3n) is 4.11. The first-order chi connectivity index (χ1) is 8.07. The van der Waals surface area contributed by atoms with Gasteiger partial charge in [-0.1, -0.05) is 33.6 Å². The van der Waals surface area contributed by atoms with Crippen molar-refractivity contribution in [3.63, 3.8) is 0 Å². The van der Waals surface area contributed by atoms with E-state index < -0.39 is 0 Å². The van der Waals surface area contributed by atoms with Crippen molar-refractivity contribution in [2.75, 3.05) is 26.2 Å². The van der Waals surface area contributed by atoms with Crippen molar-refractivity contribution in [2.45, 2.75) is 59.3 Å². The fourth-order valence-corrected chi connectivity index (χ4v) is 3.10. The average Bonchev–Trinajstić information content (AvgIpc) is 2.59. The molecule has 17 heavy (non-hydrogen) atoms. The summed E-state index contributed by atoms with van der Waals surface area (Å²) < 4.78 is 0. The molecule has 0 bridgehead atoms. The Morgan fingerprint density at radius 1 is 1.24 bits per heavy atom. The van der Waals surface area contributed by atoms with E-state index in [1.165, 1.54) is 58.2 Å². The van der Waals surface area contributed by atoms with Gasteiger partial charge >= 0.3 is 0 Å². The zero-order valence-electron chi connectivity index (χ0n) is 12.2. The van der Waals surface area contributed by atoms with Gasteiger partial charge in [0.05, 0.1) is 0 Å². The summed E-state index contributed by atoms with van der Waals surface area (Å²) in [7, 11) is 0. The third kappa shape index (κ3) is 5.87. The molecule has 1 aliphatic rings. The van der Waals surface area contributed by atoms with Gasteiger partial charge in [-0.25, -0.2) is 0 Å². The molecule has 1 rings (SSSR count). The molecule has 102 valence electrons. The highest BCUT2D eigenvalue weighted by atomic mass is 15.1. The van der Waals surface area contributed by atoms with Gasteiger partial charge < -0.3 is 10.6 Å². The molecule has 0 amide bonds. The highest BCUT2D eigenvalue weighted by Gasteiger charge is 2.28. The lowest BCUT2D eigenvalue weighted by atomic mass is 9.93. The Kier molecular flexibility index (Phi) is 6.50. The lowest BCUT2D eigenvalue weighted by Gasteiger charge is -2.21. The number of hydrogen-bond donors (Lipinski definition) is 1. The maximum Gasteiger partial charge on any atom is 0.00332 e. The third-order valence-corrected chi connectivity index (χ3v) is 4.11. The topological polar surface area (TPSA) is 29.3 Å². The van der Waals surface area contributed by atoms with Crippen LogP contribution in [0.5, 0.6) is 0 Å². The molecule has 1 atom stereocenters. The van der Waals surface area contributed by atoms with Crippen molar-refractivity contribution >= 4 is 0 Å². The summed E-state index contributed by atoms with van der Waals surface area (Å²) in [5.74, 6) is 0.876.